The van der Waals surface area contributed by atoms with Crippen molar-refractivity contribution in [1.29, 1.82) is 0 Å². The van der Waals surface area contributed by atoms with Gasteiger partial charge in [0.25, 0.3) is 0 Å². The van der Waals surface area contributed by atoms with Crippen LogP contribution in [0.2, 0.25) is 0 Å². The molecule has 1 rings (SSSR count). The summed E-state index contributed by atoms with van der Waals surface area (Å²) in [7, 11) is 0. The van der Waals surface area contributed by atoms with Crippen molar-refractivity contribution in [3.63, 3.8) is 0 Å². The Bertz CT molecular complexity index is 171. The number of hydrogen-bond donors (Lipinski definition) is 0. The van der Waals surface area contributed by atoms with Crippen LogP contribution in [0.15, 0.2) is 10.5 Å². The Hall–Kier alpha value is -0.790. The average molecular weight is 114 g/mol. The molecule has 44 valence electrons. The molecule has 0 aliphatic carbocycles. The summed E-state index contributed by atoms with van der Waals surface area (Å²) in [6.07, 6.45) is 0. The van der Waals surface area contributed by atoms with E-state index in [1.807, 2.05) is 0 Å². The lowest BCUT2D eigenvalue weighted by atomic mass is 10.4. The maximum atomic E-state index is 12.2. The van der Waals surface area contributed by atoms with Crippen molar-refractivity contribution < 1.29 is 8.81 Å². The van der Waals surface area contributed by atoms with Gasteiger partial charge in [0.2, 0.25) is 0 Å². The van der Waals surface area contributed by atoms with Gasteiger partial charge in [0.1, 0.15) is 11.5 Å². The third-order valence-electron chi connectivity index (χ3n) is 0.980. The Morgan fingerprint density at radius 2 is 2.12 bits per heavy atom. The molecular weight excluding hydrogens is 107 g/mol. The van der Waals surface area contributed by atoms with Crippen molar-refractivity contribution in [3.05, 3.63) is 23.4 Å². The van der Waals surface area contributed by atoms with Gasteiger partial charge in [-0.05, 0) is 13.8 Å². The SMILES string of the molecule is Cc1cc(F)c(C)o1. The Kier molecular flexibility index (Phi) is 1.08. The highest BCUT2D eigenvalue weighted by molar-refractivity contribution is 5.06. The monoisotopic (exact) mass is 114 g/mol. The summed E-state index contributed by atoms with van der Waals surface area (Å²) < 4.78 is 17.1. The molecule has 0 saturated heterocycles. The van der Waals surface area contributed by atoms with E-state index in [4.69, 9.17) is 4.42 Å². The normalized spacial score (nSPS) is 9.88. The second-order valence-corrected chi connectivity index (χ2v) is 1.76. The lowest BCUT2D eigenvalue weighted by Crippen LogP contribution is -1.65. The van der Waals surface area contributed by atoms with Gasteiger partial charge < -0.3 is 4.42 Å². The number of rotatable bonds is 0. The van der Waals surface area contributed by atoms with Crippen LogP contribution >= 0.6 is 0 Å². The Morgan fingerprint density at radius 3 is 2.25 bits per heavy atom. The van der Waals surface area contributed by atoms with E-state index in [0.29, 0.717) is 11.5 Å². The molecule has 0 amide bonds. The van der Waals surface area contributed by atoms with Gasteiger partial charge in [0, 0.05) is 6.07 Å². The first-order chi connectivity index (χ1) is 3.70. The van der Waals surface area contributed by atoms with Gasteiger partial charge in [-0.25, -0.2) is 4.39 Å². The van der Waals surface area contributed by atoms with E-state index in [9.17, 15) is 4.39 Å². The fourth-order valence-electron chi connectivity index (χ4n) is 0.600. The number of furan rings is 1. The standard InChI is InChI=1S/C6H7FO/c1-4-3-6(7)5(2)8-4/h3H,1-2H3. The van der Waals surface area contributed by atoms with Crippen LogP contribution in [0, 0.1) is 19.7 Å². The van der Waals surface area contributed by atoms with Crippen LogP contribution in [-0.4, -0.2) is 0 Å². The van der Waals surface area contributed by atoms with E-state index in [1.54, 1.807) is 13.8 Å². The van der Waals surface area contributed by atoms with Crippen molar-refractivity contribution in [3.8, 4) is 0 Å². The highest BCUT2D eigenvalue weighted by Gasteiger charge is 1.99. The Morgan fingerprint density at radius 1 is 1.50 bits per heavy atom. The summed E-state index contributed by atoms with van der Waals surface area (Å²) in [5, 5.41) is 0. The molecule has 0 unspecified atom stereocenters. The summed E-state index contributed by atoms with van der Waals surface area (Å²) in [5.41, 5.74) is 0. The molecule has 1 nitrogen and oxygen atoms in total. The van der Waals surface area contributed by atoms with E-state index >= 15 is 0 Å². The molecule has 0 aliphatic rings. The van der Waals surface area contributed by atoms with Crippen LogP contribution in [0.1, 0.15) is 11.5 Å². The molecule has 1 aromatic rings. The highest BCUT2D eigenvalue weighted by atomic mass is 19.1. The molecular formula is C6H7FO. The second-order valence-electron chi connectivity index (χ2n) is 1.76. The fraction of sp³-hybridized carbons (Fsp3) is 0.333. The lowest BCUT2D eigenvalue weighted by Gasteiger charge is -1.77. The van der Waals surface area contributed by atoms with Crippen LogP contribution in [0.3, 0.4) is 0 Å². The summed E-state index contributed by atoms with van der Waals surface area (Å²) in [4.78, 5) is 0. The van der Waals surface area contributed by atoms with Crippen LogP contribution < -0.4 is 0 Å². The van der Waals surface area contributed by atoms with E-state index in [0.717, 1.165) is 0 Å². The van der Waals surface area contributed by atoms with Crippen molar-refractivity contribution in [2.45, 2.75) is 13.8 Å². The molecule has 0 N–H and O–H groups in total. The molecule has 1 heterocycles. The molecule has 0 spiro atoms. The van der Waals surface area contributed by atoms with Crippen molar-refractivity contribution in [2.75, 3.05) is 0 Å². The van der Waals surface area contributed by atoms with Crippen LogP contribution in [0.5, 0.6) is 0 Å². The topological polar surface area (TPSA) is 13.1 Å². The minimum absolute atomic E-state index is 0.262. The van der Waals surface area contributed by atoms with Gasteiger partial charge in [-0.3, -0.25) is 0 Å². The van der Waals surface area contributed by atoms with Gasteiger partial charge >= 0.3 is 0 Å². The van der Waals surface area contributed by atoms with Gasteiger partial charge in [-0.2, -0.15) is 0 Å². The first kappa shape index (κ1) is 5.35. The molecule has 0 atom stereocenters. The zero-order valence-electron chi connectivity index (χ0n) is 4.86. The number of halogens is 1. The van der Waals surface area contributed by atoms with E-state index < -0.39 is 0 Å². The molecule has 0 bridgehead atoms. The number of aryl methyl sites for hydroxylation is 2. The van der Waals surface area contributed by atoms with Gasteiger partial charge in [-0.1, -0.05) is 0 Å². The zero-order chi connectivity index (χ0) is 6.15. The fourth-order valence-corrected chi connectivity index (χ4v) is 0.600. The summed E-state index contributed by atoms with van der Waals surface area (Å²) >= 11 is 0. The minimum Gasteiger partial charge on any atom is -0.464 e. The molecule has 0 saturated carbocycles. The molecule has 0 fully saturated rings. The number of hydrogen-bond acceptors (Lipinski definition) is 1. The zero-order valence-corrected chi connectivity index (χ0v) is 4.86. The smallest absolute Gasteiger partial charge is 0.164 e. The van der Waals surface area contributed by atoms with E-state index in [-0.39, 0.29) is 5.82 Å². The predicted octanol–water partition coefficient (Wildman–Crippen LogP) is 2.04. The first-order valence-corrected chi connectivity index (χ1v) is 2.42. The van der Waals surface area contributed by atoms with Crippen LogP contribution in [0.4, 0.5) is 4.39 Å². The summed E-state index contributed by atoms with van der Waals surface area (Å²) in [6.45, 7) is 3.32. The lowest BCUT2D eigenvalue weighted by molar-refractivity contribution is 0.478. The van der Waals surface area contributed by atoms with Gasteiger partial charge in [0.15, 0.2) is 5.82 Å². The average Bonchev–Trinajstić information content (AvgIpc) is 1.85. The molecule has 0 aliphatic heterocycles. The molecule has 8 heavy (non-hydrogen) atoms. The van der Waals surface area contributed by atoms with Crippen molar-refractivity contribution in [1.82, 2.24) is 0 Å². The second kappa shape index (κ2) is 1.62. The van der Waals surface area contributed by atoms with E-state index in [1.165, 1.54) is 6.07 Å². The minimum atomic E-state index is -0.262. The first-order valence-electron chi connectivity index (χ1n) is 2.42. The summed E-state index contributed by atoms with van der Waals surface area (Å²) in [5.74, 6) is 0.727. The van der Waals surface area contributed by atoms with Crippen LogP contribution in [0.25, 0.3) is 0 Å². The highest BCUT2D eigenvalue weighted by Crippen LogP contribution is 2.09. The Labute approximate surface area is 47.1 Å². The summed E-state index contributed by atoms with van der Waals surface area (Å²) in [6, 6.07) is 1.37. The third-order valence-corrected chi connectivity index (χ3v) is 0.980. The van der Waals surface area contributed by atoms with Gasteiger partial charge in [0.05, 0.1) is 0 Å². The Balaban J connectivity index is 3.14. The van der Waals surface area contributed by atoms with Crippen LogP contribution in [-0.2, 0) is 0 Å². The molecule has 2 heteroatoms. The van der Waals surface area contributed by atoms with Gasteiger partial charge in [-0.15, -0.1) is 0 Å². The maximum Gasteiger partial charge on any atom is 0.164 e. The van der Waals surface area contributed by atoms with E-state index in [2.05, 4.69) is 0 Å². The largest absolute Gasteiger partial charge is 0.464 e. The molecule has 1 aromatic heterocycles. The maximum absolute atomic E-state index is 12.2. The third kappa shape index (κ3) is 0.735. The molecule has 0 radical (unpaired) electrons. The molecule has 0 aromatic carbocycles. The predicted molar refractivity (Wildman–Crippen MR) is 28.1 cm³/mol. The quantitative estimate of drug-likeness (QED) is 0.503. The van der Waals surface area contributed by atoms with Crippen molar-refractivity contribution >= 4 is 0 Å². The van der Waals surface area contributed by atoms with Crippen molar-refractivity contribution in [2.24, 2.45) is 0 Å².